The van der Waals surface area contributed by atoms with Gasteiger partial charge in [-0.25, -0.2) is 9.97 Å². The van der Waals surface area contributed by atoms with E-state index < -0.39 is 0 Å². The molecule has 3 N–H and O–H groups in total. The summed E-state index contributed by atoms with van der Waals surface area (Å²) in [4.78, 5) is 8.50. The van der Waals surface area contributed by atoms with Gasteiger partial charge in [-0.2, -0.15) is 0 Å². The van der Waals surface area contributed by atoms with Gasteiger partial charge in [0.1, 0.15) is 0 Å². The molecule has 0 aliphatic heterocycles. The molecule has 2 rings (SSSR count). The van der Waals surface area contributed by atoms with Crippen LogP contribution in [0.2, 0.25) is 0 Å². The highest BCUT2D eigenvalue weighted by atomic mass is 15.1. The Balaban J connectivity index is 2.10. The molecule has 0 amide bonds. The lowest BCUT2D eigenvalue weighted by atomic mass is 10.1. The van der Waals surface area contributed by atoms with Gasteiger partial charge in [-0.1, -0.05) is 13.5 Å². The molecule has 4 heteroatoms. The Labute approximate surface area is 107 Å². The first-order chi connectivity index (χ1) is 8.69. The monoisotopic (exact) mass is 240 g/mol. The summed E-state index contributed by atoms with van der Waals surface area (Å²) in [5.74, 6) is 0.562. The Kier molecular flexibility index (Phi) is 3.57. The van der Waals surface area contributed by atoms with E-state index in [1.54, 1.807) is 12.4 Å². The number of nitrogens with zero attached hydrogens (tertiary/aromatic N) is 2. The smallest absolute Gasteiger partial charge is 0.227 e. The van der Waals surface area contributed by atoms with Gasteiger partial charge in [-0.15, -0.1) is 0 Å². The number of nitrogen functional groups attached to an aromatic ring is 1. The lowest BCUT2D eigenvalue weighted by Gasteiger charge is -2.06. The van der Waals surface area contributed by atoms with E-state index in [-0.39, 0.29) is 0 Å². The van der Waals surface area contributed by atoms with Crippen LogP contribution in [0.4, 0.5) is 17.3 Å². The number of hydrogen-bond acceptors (Lipinski definition) is 4. The zero-order valence-electron chi connectivity index (χ0n) is 10.4. The normalized spacial score (nSPS) is 10.1. The number of rotatable bonds is 4. The zero-order valence-corrected chi connectivity index (χ0v) is 10.4. The molecule has 2 aromatic rings. The largest absolute Gasteiger partial charge is 0.399 e. The van der Waals surface area contributed by atoms with Crippen LogP contribution in [0.5, 0.6) is 0 Å². The van der Waals surface area contributed by atoms with Gasteiger partial charge in [0.2, 0.25) is 5.95 Å². The second-order valence-corrected chi connectivity index (χ2v) is 4.00. The predicted octanol–water partition coefficient (Wildman–Crippen LogP) is 3.23. The van der Waals surface area contributed by atoms with Crippen molar-refractivity contribution in [1.29, 1.82) is 0 Å². The van der Waals surface area contributed by atoms with Crippen molar-refractivity contribution >= 4 is 22.9 Å². The van der Waals surface area contributed by atoms with E-state index in [9.17, 15) is 0 Å². The van der Waals surface area contributed by atoms with Crippen LogP contribution in [0, 0.1) is 0 Å². The van der Waals surface area contributed by atoms with Crippen molar-refractivity contribution in [2.24, 2.45) is 0 Å². The van der Waals surface area contributed by atoms with Crippen molar-refractivity contribution in [3.8, 4) is 0 Å². The lowest BCUT2D eigenvalue weighted by molar-refractivity contribution is 1.13. The number of benzene rings is 1. The van der Waals surface area contributed by atoms with Gasteiger partial charge in [-0.3, -0.25) is 0 Å². The summed E-state index contributed by atoms with van der Waals surface area (Å²) in [5.41, 5.74) is 9.27. The number of hydrogen-bond donors (Lipinski definition) is 2. The van der Waals surface area contributed by atoms with Gasteiger partial charge in [0.05, 0.1) is 0 Å². The Morgan fingerprint density at radius 1 is 1.22 bits per heavy atom. The van der Waals surface area contributed by atoms with Gasteiger partial charge in [0.25, 0.3) is 0 Å². The molecule has 0 radical (unpaired) electrons. The van der Waals surface area contributed by atoms with Crippen molar-refractivity contribution in [1.82, 2.24) is 9.97 Å². The van der Waals surface area contributed by atoms with Gasteiger partial charge in [0, 0.05) is 29.3 Å². The van der Waals surface area contributed by atoms with Gasteiger partial charge in [-0.05, 0) is 36.3 Å². The third kappa shape index (κ3) is 2.85. The molecule has 0 atom stereocenters. The number of aromatic nitrogens is 2. The maximum Gasteiger partial charge on any atom is 0.227 e. The van der Waals surface area contributed by atoms with E-state index >= 15 is 0 Å². The second-order valence-electron chi connectivity index (χ2n) is 4.00. The molecule has 0 saturated heterocycles. The highest BCUT2D eigenvalue weighted by Crippen LogP contribution is 2.17. The summed E-state index contributed by atoms with van der Waals surface area (Å²) in [7, 11) is 0. The maximum atomic E-state index is 5.62. The standard InChI is InChI=1S/C14H16N4/c1-3-10(2)11-8-16-14(17-9-11)18-13-6-4-12(15)5-7-13/h4-9H,2-3,15H2,1H3,(H,16,17,18). The van der Waals surface area contributed by atoms with E-state index in [2.05, 4.69) is 28.8 Å². The first-order valence-corrected chi connectivity index (χ1v) is 5.82. The van der Waals surface area contributed by atoms with Crippen LogP contribution >= 0.6 is 0 Å². The number of nitrogens with two attached hydrogens (primary N) is 1. The third-order valence-electron chi connectivity index (χ3n) is 2.65. The number of nitrogens with one attached hydrogen (secondary N) is 1. The van der Waals surface area contributed by atoms with Crippen LogP contribution in [0.1, 0.15) is 18.9 Å². The van der Waals surface area contributed by atoms with Crippen molar-refractivity contribution in [2.45, 2.75) is 13.3 Å². The third-order valence-corrected chi connectivity index (χ3v) is 2.65. The number of allylic oxidation sites excluding steroid dienone is 1. The molecular formula is C14H16N4. The summed E-state index contributed by atoms with van der Waals surface area (Å²) >= 11 is 0. The van der Waals surface area contributed by atoms with E-state index in [4.69, 9.17) is 5.73 Å². The summed E-state index contributed by atoms with van der Waals surface area (Å²) in [6.45, 7) is 6.01. The molecule has 1 aromatic heterocycles. The molecule has 0 fully saturated rings. The van der Waals surface area contributed by atoms with Crippen LogP contribution in [0.25, 0.3) is 5.57 Å². The minimum Gasteiger partial charge on any atom is -0.399 e. The quantitative estimate of drug-likeness (QED) is 0.805. The fourth-order valence-corrected chi connectivity index (χ4v) is 1.47. The first-order valence-electron chi connectivity index (χ1n) is 5.82. The second kappa shape index (κ2) is 5.31. The fourth-order valence-electron chi connectivity index (χ4n) is 1.47. The minimum absolute atomic E-state index is 0.562. The van der Waals surface area contributed by atoms with Crippen LogP contribution in [-0.2, 0) is 0 Å². The highest BCUT2D eigenvalue weighted by Gasteiger charge is 2.00. The molecule has 1 aromatic carbocycles. The zero-order chi connectivity index (χ0) is 13.0. The predicted molar refractivity (Wildman–Crippen MR) is 75.5 cm³/mol. The molecule has 0 aliphatic rings. The average molecular weight is 240 g/mol. The summed E-state index contributed by atoms with van der Waals surface area (Å²) in [5, 5.41) is 3.11. The summed E-state index contributed by atoms with van der Waals surface area (Å²) in [6, 6.07) is 7.43. The van der Waals surface area contributed by atoms with Crippen LogP contribution in [0.3, 0.4) is 0 Å². The summed E-state index contributed by atoms with van der Waals surface area (Å²) < 4.78 is 0. The lowest BCUT2D eigenvalue weighted by Crippen LogP contribution is -1.97. The molecule has 0 bridgehead atoms. The van der Waals surface area contributed by atoms with Crippen LogP contribution < -0.4 is 11.1 Å². The van der Waals surface area contributed by atoms with Crippen LogP contribution in [0.15, 0.2) is 43.2 Å². The minimum atomic E-state index is 0.562. The molecule has 0 spiro atoms. The Morgan fingerprint density at radius 2 is 1.83 bits per heavy atom. The Morgan fingerprint density at radius 3 is 2.39 bits per heavy atom. The van der Waals surface area contributed by atoms with Crippen molar-refractivity contribution < 1.29 is 0 Å². The van der Waals surface area contributed by atoms with Gasteiger partial charge >= 0.3 is 0 Å². The number of anilines is 3. The Bertz CT molecular complexity index is 529. The molecule has 0 aliphatic carbocycles. The maximum absolute atomic E-state index is 5.62. The van der Waals surface area contributed by atoms with Crippen LogP contribution in [-0.4, -0.2) is 9.97 Å². The van der Waals surface area contributed by atoms with Crippen molar-refractivity contribution in [2.75, 3.05) is 11.1 Å². The van der Waals surface area contributed by atoms with E-state index in [0.717, 1.165) is 28.9 Å². The average Bonchev–Trinajstić information content (AvgIpc) is 2.41. The first kappa shape index (κ1) is 12.1. The molecule has 1 heterocycles. The summed E-state index contributed by atoms with van der Waals surface area (Å²) in [6.07, 6.45) is 4.45. The fraction of sp³-hybridized carbons (Fsp3) is 0.143. The van der Waals surface area contributed by atoms with E-state index in [1.165, 1.54) is 0 Å². The molecule has 92 valence electrons. The molecule has 4 nitrogen and oxygen atoms in total. The van der Waals surface area contributed by atoms with Gasteiger partial charge in [0.15, 0.2) is 0 Å². The topological polar surface area (TPSA) is 63.8 Å². The molecule has 0 saturated carbocycles. The SMILES string of the molecule is C=C(CC)c1cnc(Nc2ccc(N)cc2)nc1. The van der Waals surface area contributed by atoms with E-state index in [1.807, 2.05) is 24.3 Å². The molecular weight excluding hydrogens is 224 g/mol. The van der Waals surface area contributed by atoms with Crippen molar-refractivity contribution in [3.63, 3.8) is 0 Å². The van der Waals surface area contributed by atoms with Gasteiger partial charge < -0.3 is 11.1 Å². The molecule has 0 unspecified atom stereocenters. The van der Waals surface area contributed by atoms with E-state index in [0.29, 0.717) is 5.95 Å². The molecule has 18 heavy (non-hydrogen) atoms. The highest BCUT2D eigenvalue weighted by molar-refractivity contribution is 5.62. The van der Waals surface area contributed by atoms with Crippen molar-refractivity contribution in [3.05, 3.63) is 48.8 Å². The Hall–Kier alpha value is -2.36.